The number of rotatable bonds is 7. The van der Waals surface area contributed by atoms with Gasteiger partial charge in [-0.3, -0.25) is 9.59 Å². The van der Waals surface area contributed by atoms with E-state index >= 15 is 0 Å². The van der Waals surface area contributed by atoms with Crippen molar-refractivity contribution in [3.05, 3.63) is 102 Å². The van der Waals surface area contributed by atoms with Crippen LogP contribution in [-0.2, 0) is 11.2 Å². The van der Waals surface area contributed by atoms with Crippen molar-refractivity contribution in [1.82, 2.24) is 0 Å². The van der Waals surface area contributed by atoms with E-state index in [1.807, 2.05) is 73.7 Å². The van der Waals surface area contributed by atoms with E-state index in [2.05, 4.69) is 5.32 Å². The quantitative estimate of drug-likeness (QED) is 0.403. The van der Waals surface area contributed by atoms with Crippen molar-refractivity contribution in [2.24, 2.45) is 0 Å². The van der Waals surface area contributed by atoms with Gasteiger partial charge >= 0.3 is 0 Å². The fraction of sp³-hybridized carbons (Fsp3) is 0.143. The first-order valence-electron chi connectivity index (χ1n) is 10.9. The van der Waals surface area contributed by atoms with Crippen LogP contribution in [0.15, 0.2) is 91.0 Å². The standard InChI is InChI=1S/C28H26N2O3/c1-3-30(26-10-6-8-21-7-4-5-9-25(21)26)28(32)22-13-15-23(16-14-22)29-27(31)19-20-11-17-24(33-2)18-12-20/h4-18H,3,19H2,1-2H3,(H,29,31). The number of hydrogen-bond donors (Lipinski definition) is 1. The molecule has 0 fully saturated rings. The fourth-order valence-electron chi connectivity index (χ4n) is 3.85. The third-order valence-corrected chi connectivity index (χ3v) is 5.56. The van der Waals surface area contributed by atoms with Crippen molar-refractivity contribution in [2.75, 3.05) is 23.9 Å². The summed E-state index contributed by atoms with van der Waals surface area (Å²) in [5.41, 5.74) is 3.00. The van der Waals surface area contributed by atoms with E-state index in [1.165, 1.54) is 0 Å². The first kappa shape index (κ1) is 22.1. The first-order chi connectivity index (χ1) is 16.1. The zero-order valence-corrected chi connectivity index (χ0v) is 18.7. The Morgan fingerprint density at radius 3 is 2.24 bits per heavy atom. The molecule has 5 nitrogen and oxygen atoms in total. The van der Waals surface area contributed by atoms with Crippen molar-refractivity contribution in [2.45, 2.75) is 13.3 Å². The predicted octanol–water partition coefficient (Wildman–Crippen LogP) is 5.70. The molecule has 4 aromatic carbocycles. The van der Waals surface area contributed by atoms with Crippen LogP contribution in [0.5, 0.6) is 5.75 Å². The fourth-order valence-corrected chi connectivity index (χ4v) is 3.85. The highest BCUT2D eigenvalue weighted by molar-refractivity contribution is 6.11. The normalized spacial score (nSPS) is 10.6. The van der Waals surface area contributed by atoms with E-state index in [0.29, 0.717) is 17.8 Å². The van der Waals surface area contributed by atoms with E-state index in [4.69, 9.17) is 4.74 Å². The highest BCUT2D eigenvalue weighted by Crippen LogP contribution is 2.28. The zero-order chi connectivity index (χ0) is 23.2. The van der Waals surface area contributed by atoms with Gasteiger partial charge < -0.3 is 15.0 Å². The van der Waals surface area contributed by atoms with Crippen molar-refractivity contribution in [1.29, 1.82) is 0 Å². The molecule has 0 unspecified atom stereocenters. The molecule has 5 heteroatoms. The Kier molecular flexibility index (Phi) is 6.69. The molecule has 0 heterocycles. The maximum atomic E-state index is 13.3. The number of anilines is 2. The van der Waals surface area contributed by atoms with E-state index in [1.54, 1.807) is 36.3 Å². The summed E-state index contributed by atoms with van der Waals surface area (Å²) in [6, 6.07) is 28.4. The summed E-state index contributed by atoms with van der Waals surface area (Å²) >= 11 is 0. The highest BCUT2D eigenvalue weighted by Gasteiger charge is 2.18. The molecular formula is C28H26N2O3. The predicted molar refractivity (Wildman–Crippen MR) is 133 cm³/mol. The van der Waals surface area contributed by atoms with Gasteiger partial charge in [-0.05, 0) is 60.3 Å². The zero-order valence-electron chi connectivity index (χ0n) is 18.7. The summed E-state index contributed by atoms with van der Waals surface area (Å²) < 4.78 is 5.14. The number of fused-ring (bicyclic) bond motifs is 1. The summed E-state index contributed by atoms with van der Waals surface area (Å²) in [7, 11) is 1.61. The van der Waals surface area contributed by atoms with Crippen molar-refractivity contribution >= 4 is 34.0 Å². The molecule has 0 aliphatic heterocycles. The molecule has 0 aliphatic carbocycles. The van der Waals surface area contributed by atoms with E-state index < -0.39 is 0 Å². The van der Waals surface area contributed by atoms with Gasteiger partial charge in [-0.2, -0.15) is 0 Å². The topological polar surface area (TPSA) is 58.6 Å². The first-order valence-corrected chi connectivity index (χ1v) is 10.9. The number of ether oxygens (including phenoxy) is 1. The van der Waals surface area contributed by atoms with Gasteiger partial charge in [-0.1, -0.05) is 48.5 Å². The van der Waals surface area contributed by atoms with E-state index in [9.17, 15) is 9.59 Å². The third-order valence-electron chi connectivity index (χ3n) is 5.56. The second kappa shape index (κ2) is 10.0. The number of carbonyl (C=O) groups is 2. The number of nitrogens with zero attached hydrogens (tertiary/aromatic N) is 1. The van der Waals surface area contributed by atoms with Gasteiger partial charge in [-0.15, -0.1) is 0 Å². The number of methoxy groups -OCH3 is 1. The SMILES string of the molecule is CCN(C(=O)c1ccc(NC(=O)Cc2ccc(OC)cc2)cc1)c1cccc2ccccc12. The van der Waals surface area contributed by atoms with Crippen LogP contribution in [0, 0.1) is 0 Å². The van der Waals surface area contributed by atoms with Gasteiger partial charge in [0.05, 0.1) is 19.2 Å². The Bertz CT molecular complexity index is 1260. The Hall–Kier alpha value is -4.12. The van der Waals surface area contributed by atoms with Crippen LogP contribution in [0.4, 0.5) is 11.4 Å². The molecule has 0 saturated heterocycles. The third kappa shape index (κ3) is 5.04. The lowest BCUT2D eigenvalue weighted by atomic mass is 10.1. The molecular weight excluding hydrogens is 412 g/mol. The second-order valence-electron chi connectivity index (χ2n) is 7.70. The molecule has 33 heavy (non-hydrogen) atoms. The number of nitrogens with one attached hydrogen (secondary N) is 1. The van der Waals surface area contributed by atoms with Gasteiger partial charge in [0, 0.05) is 23.2 Å². The molecule has 0 radical (unpaired) electrons. The van der Waals surface area contributed by atoms with Crippen LogP contribution >= 0.6 is 0 Å². The molecule has 166 valence electrons. The van der Waals surface area contributed by atoms with Crippen molar-refractivity contribution < 1.29 is 14.3 Å². The Morgan fingerprint density at radius 1 is 0.848 bits per heavy atom. The molecule has 0 atom stereocenters. The van der Waals surface area contributed by atoms with Crippen LogP contribution in [0.2, 0.25) is 0 Å². The average Bonchev–Trinajstić information content (AvgIpc) is 2.85. The van der Waals surface area contributed by atoms with Crippen molar-refractivity contribution in [3.8, 4) is 5.75 Å². The smallest absolute Gasteiger partial charge is 0.258 e. The largest absolute Gasteiger partial charge is 0.497 e. The number of benzene rings is 4. The minimum Gasteiger partial charge on any atom is -0.497 e. The molecule has 2 amide bonds. The Labute approximate surface area is 193 Å². The second-order valence-corrected chi connectivity index (χ2v) is 7.70. The lowest BCUT2D eigenvalue weighted by molar-refractivity contribution is -0.115. The van der Waals surface area contributed by atoms with Gasteiger partial charge in [0.1, 0.15) is 5.75 Å². The Balaban J connectivity index is 1.46. The molecule has 0 aromatic heterocycles. The lowest BCUT2D eigenvalue weighted by Crippen LogP contribution is -2.30. The van der Waals surface area contributed by atoms with E-state index in [-0.39, 0.29) is 18.2 Å². The summed E-state index contributed by atoms with van der Waals surface area (Å²) in [6.45, 7) is 2.51. The molecule has 0 saturated carbocycles. The molecule has 0 aliphatic rings. The van der Waals surface area contributed by atoms with Gasteiger partial charge in [0.2, 0.25) is 5.91 Å². The van der Waals surface area contributed by atoms with E-state index in [0.717, 1.165) is 27.8 Å². The number of amides is 2. The maximum Gasteiger partial charge on any atom is 0.258 e. The van der Waals surface area contributed by atoms with Gasteiger partial charge in [0.25, 0.3) is 5.91 Å². The monoisotopic (exact) mass is 438 g/mol. The van der Waals surface area contributed by atoms with Gasteiger partial charge in [-0.25, -0.2) is 0 Å². The highest BCUT2D eigenvalue weighted by atomic mass is 16.5. The molecule has 4 aromatic rings. The summed E-state index contributed by atoms with van der Waals surface area (Å²) in [6.07, 6.45) is 0.259. The molecule has 1 N–H and O–H groups in total. The molecule has 0 bridgehead atoms. The van der Waals surface area contributed by atoms with Crippen LogP contribution in [0.3, 0.4) is 0 Å². The van der Waals surface area contributed by atoms with Crippen LogP contribution < -0.4 is 15.0 Å². The van der Waals surface area contributed by atoms with Crippen molar-refractivity contribution in [3.63, 3.8) is 0 Å². The molecule has 4 rings (SSSR count). The van der Waals surface area contributed by atoms with Crippen LogP contribution in [0.25, 0.3) is 10.8 Å². The maximum absolute atomic E-state index is 13.3. The summed E-state index contributed by atoms with van der Waals surface area (Å²) in [4.78, 5) is 27.5. The Morgan fingerprint density at radius 2 is 1.55 bits per heavy atom. The average molecular weight is 439 g/mol. The summed E-state index contributed by atoms with van der Waals surface area (Å²) in [5.74, 6) is 0.555. The summed E-state index contributed by atoms with van der Waals surface area (Å²) in [5, 5.41) is 5.02. The lowest BCUT2D eigenvalue weighted by Gasteiger charge is -2.23. The minimum absolute atomic E-state index is 0.0787. The molecule has 0 spiro atoms. The van der Waals surface area contributed by atoms with Crippen LogP contribution in [-0.4, -0.2) is 25.5 Å². The number of hydrogen-bond acceptors (Lipinski definition) is 3. The minimum atomic E-state index is -0.120. The number of carbonyl (C=O) groups excluding carboxylic acids is 2. The van der Waals surface area contributed by atoms with Crippen LogP contribution in [0.1, 0.15) is 22.8 Å². The van der Waals surface area contributed by atoms with Gasteiger partial charge in [0.15, 0.2) is 0 Å².